The summed E-state index contributed by atoms with van der Waals surface area (Å²) >= 11 is 0. The maximum Gasteiger partial charge on any atom is 0.334 e. The number of carbonyl (C=O) groups excluding carboxylic acids is 1. The molecule has 0 aliphatic carbocycles. The lowest BCUT2D eigenvalue weighted by atomic mass is 9.81. The quantitative estimate of drug-likeness (QED) is 0.189. The van der Waals surface area contributed by atoms with E-state index >= 15 is 0 Å². The molecular formula is C30H44N2O5S. The fourth-order valence-electron chi connectivity index (χ4n) is 4.86. The number of hydrogen-bond donors (Lipinski definition) is 2. The molecule has 0 amide bonds. The fourth-order valence-corrected chi connectivity index (χ4v) is 7.11. The van der Waals surface area contributed by atoms with E-state index in [2.05, 4.69) is 30.9 Å². The summed E-state index contributed by atoms with van der Waals surface area (Å²) in [6, 6.07) is 13.8. The van der Waals surface area contributed by atoms with Crippen LogP contribution in [0.1, 0.15) is 60.3 Å². The normalized spacial score (nSPS) is 20.0. The molecule has 0 spiro atoms. The third-order valence-corrected chi connectivity index (χ3v) is 8.90. The predicted molar refractivity (Wildman–Crippen MR) is 158 cm³/mol. The molecule has 1 heterocycles. The average molecular weight is 545 g/mol. The van der Waals surface area contributed by atoms with E-state index < -0.39 is 22.2 Å². The van der Waals surface area contributed by atoms with Gasteiger partial charge in [0.1, 0.15) is 5.60 Å². The zero-order valence-electron chi connectivity index (χ0n) is 23.9. The molecule has 0 fully saturated rings. The van der Waals surface area contributed by atoms with Crippen molar-refractivity contribution in [3.05, 3.63) is 54.8 Å². The Kier molecular flexibility index (Phi) is 9.44. The lowest BCUT2D eigenvalue weighted by Gasteiger charge is -2.41. The van der Waals surface area contributed by atoms with Crippen LogP contribution in [0.2, 0.25) is 0 Å². The van der Waals surface area contributed by atoms with Crippen molar-refractivity contribution in [1.82, 2.24) is 0 Å². The van der Waals surface area contributed by atoms with Gasteiger partial charge < -0.3 is 19.3 Å². The number of unbranched alkanes of at least 4 members (excludes halogenated alkanes) is 1. The number of esters is 1. The van der Waals surface area contributed by atoms with Crippen LogP contribution in [0, 0.1) is 5.41 Å². The molecule has 1 aliphatic rings. The Bertz CT molecular complexity index is 1130. The second-order valence-corrected chi connectivity index (χ2v) is 13.4. The largest absolute Gasteiger partial charge is 0.462 e. The number of ether oxygens (including phenoxy) is 2. The number of nitrogens with zero attached hydrogens (tertiary/aromatic N) is 2. The molecule has 0 aromatic heterocycles. The van der Waals surface area contributed by atoms with E-state index in [0.29, 0.717) is 22.9 Å². The molecule has 38 heavy (non-hydrogen) atoms. The molecule has 8 heteroatoms. The van der Waals surface area contributed by atoms with Crippen LogP contribution in [0.4, 0.5) is 17.1 Å². The van der Waals surface area contributed by atoms with Crippen molar-refractivity contribution in [3.8, 4) is 5.75 Å². The van der Waals surface area contributed by atoms with Crippen LogP contribution < -0.4 is 14.5 Å². The second-order valence-electron chi connectivity index (χ2n) is 11.3. The van der Waals surface area contributed by atoms with Gasteiger partial charge in [0.2, 0.25) is 0 Å². The molecule has 2 aromatic rings. The van der Waals surface area contributed by atoms with Crippen LogP contribution >= 0.6 is 10.6 Å². The highest BCUT2D eigenvalue weighted by molar-refractivity contribution is 8.24. The summed E-state index contributed by atoms with van der Waals surface area (Å²) in [7, 11) is 0.660. The number of fused-ring (bicyclic) bond motifs is 1. The van der Waals surface area contributed by atoms with E-state index in [0.717, 1.165) is 42.7 Å². The lowest BCUT2D eigenvalue weighted by Crippen LogP contribution is -2.37. The summed E-state index contributed by atoms with van der Waals surface area (Å²) in [5, 5.41) is 0. The van der Waals surface area contributed by atoms with Gasteiger partial charge in [0.05, 0.1) is 28.6 Å². The van der Waals surface area contributed by atoms with E-state index in [1.165, 1.54) is 12.3 Å². The topological polar surface area (TPSA) is 82.5 Å². The molecular weight excluding hydrogens is 500 g/mol. The summed E-state index contributed by atoms with van der Waals surface area (Å²) in [5.41, 5.74) is 1.64. The summed E-state index contributed by atoms with van der Waals surface area (Å²) in [6.07, 6.45) is 6.34. The number of hydrogen-bond acceptors (Lipinski definition) is 7. The van der Waals surface area contributed by atoms with Crippen molar-refractivity contribution in [2.45, 2.75) is 70.8 Å². The Balaban J connectivity index is 2.14. The van der Waals surface area contributed by atoms with Crippen molar-refractivity contribution >= 4 is 33.6 Å². The van der Waals surface area contributed by atoms with Crippen LogP contribution in [0.3, 0.4) is 0 Å². The van der Waals surface area contributed by atoms with Crippen LogP contribution in [-0.4, -0.2) is 47.1 Å². The SMILES string of the molecule is CCCCC1(CC)CN(c2ccccc2)c2cc(N(C)C)c(O/C=C/C(=O)OC(C)(C)C)cc2S(O)(O)C1. The van der Waals surface area contributed by atoms with Gasteiger partial charge in [-0.3, -0.25) is 9.11 Å². The molecule has 0 saturated heterocycles. The number of carbonyl (C=O) groups is 1. The third kappa shape index (κ3) is 7.24. The van der Waals surface area contributed by atoms with E-state index in [9.17, 15) is 13.9 Å². The number of para-hydroxylation sites is 1. The van der Waals surface area contributed by atoms with E-state index in [1.54, 1.807) is 26.8 Å². The molecule has 0 bridgehead atoms. The molecule has 1 unspecified atom stereocenters. The lowest BCUT2D eigenvalue weighted by molar-refractivity contribution is -0.148. The van der Waals surface area contributed by atoms with Crippen LogP contribution in [0.15, 0.2) is 59.7 Å². The highest BCUT2D eigenvalue weighted by Gasteiger charge is 2.42. The minimum absolute atomic E-state index is 0.264. The third-order valence-electron chi connectivity index (χ3n) is 6.85. The van der Waals surface area contributed by atoms with Crippen LogP contribution in [0.25, 0.3) is 0 Å². The first-order valence-corrected chi connectivity index (χ1v) is 15.0. The second kappa shape index (κ2) is 12.0. The maximum absolute atomic E-state index is 12.2. The molecule has 1 aliphatic heterocycles. The summed E-state index contributed by atoms with van der Waals surface area (Å²) < 4.78 is 34.6. The van der Waals surface area contributed by atoms with Crippen molar-refractivity contribution in [2.24, 2.45) is 5.41 Å². The molecule has 2 aromatic carbocycles. The number of anilines is 3. The standard InChI is InChI=1S/C30H44N2O5S/c1-8-10-17-30(9-2)21-32(23-14-12-11-13-15-23)25-19-24(31(6)7)26(20-27(25)38(34,35)22-30)36-18-16-28(33)37-29(3,4)5/h11-16,18-20,34-35H,8-10,17,21-22H2,1-7H3/b18-16+. The molecule has 210 valence electrons. The van der Waals surface area contributed by atoms with Gasteiger partial charge in [-0.25, -0.2) is 4.79 Å². The van der Waals surface area contributed by atoms with Crippen molar-refractivity contribution < 1.29 is 23.4 Å². The minimum Gasteiger partial charge on any atom is -0.462 e. The first kappa shape index (κ1) is 29.9. The van der Waals surface area contributed by atoms with Crippen LogP contribution in [-0.2, 0) is 9.53 Å². The van der Waals surface area contributed by atoms with E-state index in [4.69, 9.17) is 9.47 Å². The van der Waals surface area contributed by atoms with E-state index in [-0.39, 0.29) is 5.41 Å². The fraction of sp³-hybridized carbons (Fsp3) is 0.500. The Morgan fingerprint density at radius 2 is 1.84 bits per heavy atom. The van der Waals surface area contributed by atoms with Gasteiger partial charge >= 0.3 is 5.97 Å². The predicted octanol–water partition coefficient (Wildman–Crippen LogP) is 7.83. The Morgan fingerprint density at radius 3 is 2.42 bits per heavy atom. The van der Waals surface area contributed by atoms with Gasteiger partial charge in [-0.1, -0.05) is 44.9 Å². The first-order chi connectivity index (χ1) is 17.8. The van der Waals surface area contributed by atoms with Crippen molar-refractivity contribution in [3.63, 3.8) is 0 Å². The zero-order valence-corrected chi connectivity index (χ0v) is 24.7. The van der Waals surface area contributed by atoms with Gasteiger partial charge in [-0.05, 0) is 51.8 Å². The molecule has 0 radical (unpaired) electrons. The summed E-state index contributed by atoms with van der Waals surface area (Å²) in [4.78, 5) is 16.8. The van der Waals surface area contributed by atoms with Gasteiger partial charge in [0.15, 0.2) is 5.75 Å². The zero-order chi connectivity index (χ0) is 28.1. The summed E-state index contributed by atoms with van der Waals surface area (Å²) in [5.74, 6) is 0.211. The summed E-state index contributed by atoms with van der Waals surface area (Å²) in [6.45, 7) is 10.4. The Morgan fingerprint density at radius 1 is 1.16 bits per heavy atom. The smallest absolute Gasteiger partial charge is 0.334 e. The number of benzene rings is 2. The monoisotopic (exact) mass is 544 g/mol. The van der Waals surface area contributed by atoms with Crippen molar-refractivity contribution in [2.75, 3.05) is 36.2 Å². The molecule has 3 rings (SSSR count). The number of rotatable bonds is 9. The maximum atomic E-state index is 12.2. The highest BCUT2D eigenvalue weighted by atomic mass is 32.3. The molecule has 7 nitrogen and oxygen atoms in total. The molecule has 2 N–H and O–H groups in total. The van der Waals surface area contributed by atoms with Gasteiger partial charge in [0, 0.05) is 43.6 Å². The Labute approximate surface area is 229 Å². The molecule has 0 saturated carbocycles. The van der Waals surface area contributed by atoms with E-state index in [1.807, 2.05) is 43.3 Å². The van der Waals surface area contributed by atoms with Gasteiger partial charge in [0.25, 0.3) is 0 Å². The van der Waals surface area contributed by atoms with Crippen molar-refractivity contribution in [1.29, 1.82) is 0 Å². The first-order valence-electron chi connectivity index (χ1n) is 13.3. The van der Waals surface area contributed by atoms with Crippen LogP contribution in [0.5, 0.6) is 5.75 Å². The van der Waals surface area contributed by atoms with Gasteiger partial charge in [-0.2, -0.15) is 10.6 Å². The minimum atomic E-state index is -3.16. The highest BCUT2D eigenvalue weighted by Crippen LogP contribution is 2.62. The van der Waals surface area contributed by atoms with Gasteiger partial charge in [-0.15, -0.1) is 0 Å². The average Bonchev–Trinajstić information content (AvgIpc) is 2.94. The Hall–Kier alpha value is -2.68. The molecule has 1 atom stereocenters.